The Hall–Kier alpha value is -1.16. The SMILES string of the molecule is Cc1ccc2cc(CN3CC[C@@H](O)C3)c(Cl)nc2c1. The summed E-state index contributed by atoms with van der Waals surface area (Å²) in [5, 5.41) is 11.2. The molecule has 0 radical (unpaired) electrons. The monoisotopic (exact) mass is 276 g/mol. The summed E-state index contributed by atoms with van der Waals surface area (Å²) in [6.45, 7) is 4.45. The van der Waals surface area contributed by atoms with Gasteiger partial charge in [0.2, 0.25) is 0 Å². The van der Waals surface area contributed by atoms with Crippen molar-refractivity contribution in [2.45, 2.75) is 26.0 Å². The van der Waals surface area contributed by atoms with Gasteiger partial charge in [-0.05, 0) is 31.0 Å². The second-order valence-electron chi connectivity index (χ2n) is 5.31. The van der Waals surface area contributed by atoms with Crippen molar-refractivity contribution in [3.63, 3.8) is 0 Å². The fraction of sp³-hybridized carbons (Fsp3) is 0.400. The lowest BCUT2D eigenvalue weighted by molar-refractivity contribution is 0.175. The van der Waals surface area contributed by atoms with Crippen LogP contribution in [0, 0.1) is 6.92 Å². The zero-order valence-corrected chi connectivity index (χ0v) is 11.7. The molecule has 1 fully saturated rings. The highest BCUT2D eigenvalue weighted by Crippen LogP contribution is 2.24. The van der Waals surface area contributed by atoms with Crippen molar-refractivity contribution in [2.75, 3.05) is 13.1 Å². The first kappa shape index (κ1) is 12.9. The van der Waals surface area contributed by atoms with Gasteiger partial charge in [0.1, 0.15) is 5.15 Å². The second kappa shape index (κ2) is 5.08. The number of halogens is 1. The van der Waals surface area contributed by atoms with Crippen molar-refractivity contribution in [2.24, 2.45) is 0 Å². The van der Waals surface area contributed by atoms with Gasteiger partial charge in [-0.2, -0.15) is 0 Å². The molecule has 0 amide bonds. The Morgan fingerprint density at radius 1 is 1.42 bits per heavy atom. The molecule has 3 rings (SSSR count). The number of benzene rings is 1. The zero-order chi connectivity index (χ0) is 13.4. The molecule has 1 aromatic carbocycles. The van der Waals surface area contributed by atoms with Gasteiger partial charge < -0.3 is 5.11 Å². The van der Waals surface area contributed by atoms with Crippen LogP contribution in [0.5, 0.6) is 0 Å². The van der Waals surface area contributed by atoms with Gasteiger partial charge in [0, 0.05) is 30.6 Å². The number of aliphatic hydroxyl groups is 1. The summed E-state index contributed by atoms with van der Waals surface area (Å²) in [7, 11) is 0. The van der Waals surface area contributed by atoms with Gasteiger partial charge in [0.05, 0.1) is 11.6 Å². The Labute approximate surface area is 117 Å². The van der Waals surface area contributed by atoms with Crippen molar-refractivity contribution in [1.82, 2.24) is 9.88 Å². The van der Waals surface area contributed by atoms with Crippen LogP contribution in [-0.2, 0) is 6.54 Å². The number of hydrogen-bond donors (Lipinski definition) is 1. The molecule has 1 atom stereocenters. The van der Waals surface area contributed by atoms with Crippen LogP contribution >= 0.6 is 11.6 Å². The Balaban J connectivity index is 1.91. The first-order valence-corrected chi connectivity index (χ1v) is 6.96. The molecule has 1 aromatic heterocycles. The van der Waals surface area contributed by atoms with E-state index >= 15 is 0 Å². The largest absolute Gasteiger partial charge is 0.392 e. The molecule has 2 aromatic rings. The molecule has 1 aliphatic rings. The quantitative estimate of drug-likeness (QED) is 0.857. The molecule has 1 aliphatic heterocycles. The van der Waals surface area contributed by atoms with E-state index in [1.807, 2.05) is 6.07 Å². The molecular weight excluding hydrogens is 260 g/mol. The lowest BCUT2D eigenvalue weighted by Gasteiger charge is -2.16. The van der Waals surface area contributed by atoms with E-state index in [1.165, 1.54) is 5.56 Å². The third kappa shape index (κ3) is 2.73. The summed E-state index contributed by atoms with van der Waals surface area (Å²) in [5.41, 5.74) is 3.16. The summed E-state index contributed by atoms with van der Waals surface area (Å²) in [6, 6.07) is 8.32. The second-order valence-corrected chi connectivity index (χ2v) is 5.67. The van der Waals surface area contributed by atoms with E-state index < -0.39 is 0 Å². The maximum absolute atomic E-state index is 9.56. The van der Waals surface area contributed by atoms with Gasteiger partial charge in [-0.3, -0.25) is 4.90 Å². The summed E-state index contributed by atoms with van der Waals surface area (Å²) in [5.74, 6) is 0. The van der Waals surface area contributed by atoms with E-state index in [1.54, 1.807) is 0 Å². The maximum atomic E-state index is 9.56. The molecule has 4 heteroatoms. The van der Waals surface area contributed by atoms with Crippen molar-refractivity contribution in [3.05, 3.63) is 40.5 Å². The van der Waals surface area contributed by atoms with Crippen LogP contribution in [-0.4, -0.2) is 34.2 Å². The number of likely N-dealkylation sites (tertiary alicyclic amines) is 1. The number of nitrogens with zero attached hydrogens (tertiary/aromatic N) is 2. The number of pyridine rings is 1. The number of rotatable bonds is 2. The number of fused-ring (bicyclic) bond motifs is 1. The summed E-state index contributed by atoms with van der Waals surface area (Å²) in [6.07, 6.45) is 0.646. The molecule has 3 nitrogen and oxygen atoms in total. The number of aliphatic hydroxyl groups excluding tert-OH is 1. The summed E-state index contributed by atoms with van der Waals surface area (Å²) >= 11 is 6.27. The van der Waals surface area contributed by atoms with Crippen LogP contribution in [0.15, 0.2) is 24.3 Å². The smallest absolute Gasteiger partial charge is 0.134 e. The highest BCUT2D eigenvalue weighted by atomic mass is 35.5. The molecule has 0 saturated carbocycles. The number of hydrogen-bond acceptors (Lipinski definition) is 3. The predicted octanol–water partition coefficient (Wildman–Crippen LogP) is 2.76. The van der Waals surface area contributed by atoms with Crippen LogP contribution in [0.2, 0.25) is 5.15 Å². The Kier molecular flexibility index (Phi) is 3.44. The van der Waals surface area contributed by atoms with E-state index in [2.05, 4.69) is 35.0 Å². The Morgan fingerprint density at radius 3 is 3.00 bits per heavy atom. The molecule has 2 heterocycles. The van der Waals surface area contributed by atoms with Crippen LogP contribution < -0.4 is 0 Å². The molecule has 19 heavy (non-hydrogen) atoms. The molecule has 0 aliphatic carbocycles. The van der Waals surface area contributed by atoms with Gasteiger partial charge in [-0.1, -0.05) is 23.7 Å². The standard InChI is InChI=1S/C15H17ClN2O/c1-10-2-3-11-7-12(15(16)17-14(11)6-10)8-18-5-4-13(19)9-18/h2-3,6-7,13,19H,4-5,8-9H2,1H3/t13-/m1/s1. The van der Waals surface area contributed by atoms with Crippen molar-refractivity contribution < 1.29 is 5.11 Å². The topological polar surface area (TPSA) is 36.4 Å². The number of aryl methyl sites for hydroxylation is 1. The summed E-state index contributed by atoms with van der Waals surface area (Å²) in [4.78, 5) is 6.69. The average molecular weight is 277 g/mol. The van der Waals surface area contributed by atoms with Crippen LogP contribution in [0.1, 0.15) is 17.5 Å². The molecule has 100 valence electrons. The molecule has 1 N–H and O–H groups in total. The van der Waals surface area contributed by atoms with Crippen LogP contribution in [0.25, 0.3) is 10.9 Å². The Bertz CT molecular complexity index is 614. The van der Waals surface area contributed by atoms with E-state index in [-0.39, 0.29) is 6.10 Å². The van der Waals surface area contributed by atoms with Crippen molar-refractivity contribution >= 4 is 22.5 Å². The minimum atomic E-state index is -0.199. The highest BCUT2D eigenvalue weighted by Gasteiger charge is 2.21. The third-order valence-corrected chi connectivity index (χ3v) is 3.97. The van der Waals surface area contributed by atoms with Gasteiger partial charge in [0.25, 0.3) is 0 Å². The third-order valence-electron chi connectivity index (χ3n) is 3.64. The fourth-order valence-electron chi connectivity index (χ4n) is 2.61. The number of β-amino-alcohol motifs (C(OH)–C–C–N with tert-alkyl or cyclic N) is 1. The average Bonchev–Trinajstić information content (AvgIpc) is 2.76. The Morgan fingerprint density at radius 2 is 2.26 bits per heavy atom. The van der Waals surface area contributed by atoms with E-state index in [0.717, 1.165) is 42.5 Å². The first-order valence-electron chi connectivity index (χ1n) is 6.58. The summed E-state index contributed by atoms with van der Waals surface area (Å²) < 4.78 is 0. The van der Waals surface area contributed by atoms with Gasteiger partial charge in [-0.15, -0.1) is 0 Å². The van der Waals surface area contributed by atoms with E-state index in [4.69, 9.17) is 11.6 Å². The maximum Gasteiger partial charge on any atom is 0.134 e. The molecule has 1 saturated heterocycles. The highest BCUT2D eigenvalue weighted by molar-refractivity contribution is 6.30. The zero-order valence-electron chi connectivity index (χ0n) is 10.9. The van der Waals surface area contributed by atoms with Crippen LogP contribution in [0.4, 0.5) is 0 Å². The van der Waals surface area contributed by atoms with E-state index in [0.29, 0.717) is 5.15 Å². The predicted molar refractivity (Wildman–Crippen MR) is 77.4 cm³/mol. The molecule has 0 spiro atoms. The minimum Gasteiger partial charge on any atom is -0.392 e. The first-order chi connectivity index (χ1) is 9.11. The van der Waals surface area contributed by atoms with Gasteiger partial charge in [0.15, 0.2) is 0 Å². The van der Waals surface area contributed by atoms with E-state index in [9.17, 15) is 5.11 Å². The normalized spacial score (nSPS) is 20.3. The fourth-order valence-corrected chi connectivity index (χ4v) is 2.81. The minimum absolute atomic E-state index is 0.199. The van der Waals surface area contributed by atoms with Gasteiger partial charge >= 0.3 is 0 Å². The molecule has 0 bridgehead atoms. The van der Waals surface area contributed by atoms with Crippen molar-refractivity contribution in [3.8, 4) is 0 Å². The molecule has 0 unspecified atom stereocenters. The van der Waals surface area contributed by atoms with Gasteiger partial charge in [-0.25, -0.2) is 4.98 Å². The lowest BCUT2D eigenvalue weighted by atomic mass is 10.1. The molecular formula is C15H17ClN2O. The van der Waals surface area contributed by atoms with Crippen LogP contribution in [0.3, 0.4) is 0 Å². The number of aromatic nitrogens is 1. The van der Waals surface area contributed by atoms with Crippen molar-refractivity contribution in [1.29, 1.82) is 0 Å². The lowest BCUT2D eigenvalue weighted by Crippen LogP contribution is -2.21.